The molecule has 6 nitrogen and oxygen atoms in total. The molecular formula is C11H13N3O3. The zero-order valence-electron chi connectivity index (χ0n) is 9.54. The van der Waals surface area contributed by atoms with Crippen LogP contribution in [0.15, 0.2) is 24.5 Å². The summed E-state index contributed by atoms with van der Waals surface area (Å²) >= 11 is 0. The van der Waals surface area contributed by atoms with Crippen molar-refractivity contribution in [2.75, 3.05) is 14.2 Å². The number of hydrogen-bond acceptors (Lipinski definition) is 5. The zero-order chi connectivity index (χ0) is 12.3. The van der Waals surface area contributed by atoms with E-state index in [0.717, 1.165) is 0 Å². The van der Waals surface area contributed by atoms with Gasteiger partial charge in [-0.05, 0) is 12.1 Å². The first kappa shape index (κ1) is 11.4. The fourth-order valence-electron chi connectivity index (χ4n) is 1.54. The van der Waals surface area contributed by atoms with Gasteiger partial charge in [-0.1, -0.05) is 0 Å². The Kier molecular flexibility index (Phi) is 3.24. The van der Waals surface area contributed by atoms with Crippen molar-refractivity contribution in [2.24, 2.45) is 0 Å². The Morgan fingerprint density at radius 2 is 2.12 bits per heavy atom. The Labute approximate surface area is 98.2 Å². The molecule has 0 amide bonds. The molecule has 1 aromatic heterocycles. The highest BCUT2D eigenvalue weighted by molar-refractivity contribution is 5.43. The molecule has 0 radical (unpaired) electrons. The summed E-state index contributed by atoms with van der Waals surface area (Å²) in [5, 5.41) is 16.4. The SMILES string of the molecule is COc1ccc(C(O)c2ncn[nH]2)c(OC)c1. The molecule has 0 aliphatic heterocycles. The number of hydrogen-bond donors (Lipinski definition) is 2. The standard InChI is InChI=1S/C11H13N3O3/c1-16-7-3-4-8(9(5-7)17-2)10(15)11-12-6-13-14-11/h3-6,10,15H,1-2H3,(H,12,13,14). The number of aliphatic hydroxyl groups is 1. The molecule has 17 heavy (non-hydrogen) atoms. The van der Waals surface area contributed by atoms with E-state index in [1.54, 1.807) is 25.3 Å². The number of ether oxygens (including phenoxy) is 2. The molecule has 1 unspecified atom stereocenters. The van der Waals surface area contributed by atoms with E-state index < -0.39 is 6.10 Å². The second-order valence-corrected chi connectivity index (χ2v) is 3.38. The molecule has 0 bridgehead atoms. The van der Waals surface area contributed by atoms with Crippen LogP contribution in [0.2, 0.25) is 0 Å². The van der Waals surface area contributed by atoms with E-state index in [0.29, 0.717) is 22.9 Å². The van der Waals surface area contributed by atoms with E-state index in [4.69, 9.17) is 9.47 Å². The Balaban J connectivity index is 2.38. The maximum Gasteiger partial charge on any atom is 0.157 e. The lowest BCUT2D eigenvalue weighted by Crippen LogP contribution is -2.04. The summed E-state index contributed by atoms with van der Waals surface area (Å²) in [5.74, 6) is 1.57. The van der Waals surface area contributed by atoms with Gasteiger partial charge in [0.1, 0.15) is 23.9 Å². The molecule has 2 rings (SSSR count). The highest BCUT2D eigenvalue weighted by Crippen LogP contribution is 2.31. The van der Waals surface area contributed by atoms with Crippen molar-refractivity contribution in [1.82, 2.24) is 15.2 Å². The third kappa shape index (κ3) is 2.21. The zero-order valence-corrected chi connectivity index (χ0v) is 9.54. The Morgan fingerprint density at radius 3 is 2.71 bits per heavy atom. The molecular weight excluding hydrogens is 222 g/mol. The predicted molar refractivity (Wildman–Crippen MR) is 60.0 cm³/mol. The van der Waals surface area contributed by atoms with Crippen LogP contribution >= 0.6 is 0 Å². The fraction of sp³-hybridized carbons (Fsp3) is 0.273. The summed E-state index contributed by atoms with van der Waals surface area (Å²) < 4.78 is 10.3. The number of aliphatic hydroxyl groups excluding tert-OH is 1. The van der Waals surface area contributed by atoms with Crippen LogP contribution in [-0.4, -0.2) is 34.5 Å². The minimum atomic E-state index is -0.904. The molecule has 1 heterocycles. The maximum absolute atomic E-state index is 10.1. The number of aromatic nitrogens is 3. The third-order valence-electron chi connectivity index (χ3n) is 2.43. The first-order valence-corrected chi connectivity index (χ1v) is 5.01. The summed E-state index contributed by atoms with van der Waals surface area (Å²) in [7, 11) is 3.10. The predicted octanol–water partition coefficient (Wildman–Crippen LogP) is 0.904. The van der Waals surface area contributed by atoms with Crippen LogP contribution in [0.4, 0.5) is 0 Å². The van der Waals surface area contributed by atoms with Gasteiger partial charge in [-0.3, -0.25) is 5.10 Å². The van der Waals surface area contributed by atoms with E-state index in [1.165, 1.54) is 13.4 Å². The molecule has 0 spiro atoms. The number of benzene rings is 1. The van der Waals surface area contributed by atoms with Crippen molar-refractivity contribution in [2.45, 2.75) is 6.10 Å². The second kappa shape index (κ2) is 4.84. The molecule has 0 aliphatic rings. The van der Waals surface area contributed by atoms with Gasteiger partial charge in [0.15, 0.2) is 5.82 Å². The smallest absolute Gasteiger partial charge is 0.157 e. The van der Waals surface area contributed by atoms with Crippen LogP contribution in [0.1, 0.15) is 17.5 Å². The molecule has 1 atom stereocenters. The van der Waals surface area contributed by atoms with Gasteiger partial charge in [0, 0.05) is 11.6 Å². The van der Waals surface area contributed by atoms with Crippen molar-refractivity contribution in [3.63, 3.8) is 0 Å². The van der Waals surface area contributed by atoms with Crippen LogP contribution in [0.3, 0.4) is 0 Å². The molecule has 90 valence electrons. The monoisotopic (exact) mass is 235 g/mol. The van der Waals surface area contributed by atoms with Gasteiger partial charge in [0.2, 0.25) is 0 Å². The van der Waals surface area contributed by atoms with Crippen molar-refractivity contribution < 1.29 is 14.6 Å². The lowest BCUT2D eigenvalue weighted by atomic mass is 10.1. The molecule has 0 fully saturated rings. The van der Waals surface area contributed by atoms with E-state index in [-0.39, 0.29) is 0 Å². The van der Waals surface area contributed by atoms with Crippen molar-refractivity contribution >= 4 is 0 Å². The summed E-state index contributed by atoms with van der Waals surface area (Å²) in [6.45, 7) is 0. The topological polar surface area (TPSA) is 80.3 Å². The number of rotatable bonds is 4. The normalized spacial score (nSPS) is 12.2. The van der Waals surface area contributed by atoms with E-state index in [2.05, 4.69) is 15.2 Å². The van der Waals surface area contributed by atoms with Gasteiger partial charge in [-0.2, -0.15) is 5.10 Å². The molecule has 0 saturated carbocycles. The Morgan fingerprint density at radius 1 is 1.29 bits per heavy atom. The molecule has 1 aromatic carbocycles. The molecule has 0 aliphatic carbocycles. The van der Waals surface area contributed by atoms with E-state index >= 15 is 0 Å². The number of methoxy groups -OCH3 is 2. The second-order valence-electron chi connectivity index (χ2n) is 3.38. The first-order valence-electron chi connectivity index (χ1n) is 5.01. The van der Waals surface area contributed by atoms with Gasteiger partial charge >= 0.3 is 0 Å². The summed E-state index contributed by atoms with van der Waals surface area (Å²) in [6, 6.07) is 5.18. The molecule has 2 N–H and O–H groups in total. The van der Waals surface area contributed by atoms with Gasteiger partial charge in [-0.25, -0.2) is 4.98 Å². The van der Waals surface area contributed by atoms with Crippen molar-refractivity contribution in [3.8, 4) is 11.5 Å². The van der Waals surface area contributed by atoms with E-state index in [1.807, 2.05) is 0 Å². The highest BCUT2D eigenvalue weighted by atomic mass is 16.5. The number of nitrogens with zero attached hydrogens (tertiary/aromatic N) is 2. The maximum atomic E-state index is 10.1. The quantitative estimate of drug-likeness (QED) is 0.823. The number of aromatic amines is 1. The largest absolute Gasteiger partial charge is 0.497 e. The number of H-pyrrole nitrogens is 1. The summed E-state index contributed by atoms with van der Waals surface area (Å²) in [5.41, 5.74) is 0.602. The molecule has 2 aromatic rings. The highest BCUT2D eigenvalue weighted by Gasteiger charge is 2.18. The average Bonchev–Trinajstić information content (AvgIpc) is 2.91. The molecule has 0 saturated heterocycles. The summed E-state index contributed by atoms with van der Waals surface area (Å²) in [4.78, 5) is 3.91. The minimum absolute atomic E-state index is 0.369. The fourth-order valence-corrected chi connectivity index (χ4v) is 1.54. The van der Waals surface area contributed by atoms with Crippen molar-refractivity contribution in [1.29, 1.82) is 0 Å². The third-order valence-corrected chi connectivity index (χ3v) is 2.43. The number of nitrogens with one attached hydrogen (secondary N) is 1. The van der Waals surface area contributed by atoms with Crippen LogP contribution in [0, 0.1) is 0 Å². The first-order chi connectivity index (χ1) is 8.26. The van der Waals surface area contributed by atoms with Gasteiger partial charge < -0.3 is 14.6 Å². The lowest BCUT2D eigenvalue weighted by Gasteiger charge is -2.13. The van der Waals surface area contributed by atoms with Crippen LogP contribution < -0.4 is 9.47 Å². The Hall–Kier alpha value is -2.08. The lowest BCUT2D eigenvalue weighted by molar-refractivity contribution is 0.205. The van der Waals surface area contributed by atoms with E-state index in [9.17, 15) is 5.11 Å². The van der Waals surface area contributed by atoms with Crippen LogP contribution in [0.5, 0.6) is 11.5 Å². The minimum Gasteiger partial charge on any atom is -0.497 e. The van der Waals surface area contributed by atoms with Crippen LogP contribution in [0.25, 0.3) is 0 Å². The summed E-state index contributed by atoms with van der Waals surface area (Å²) in [6.07, 6.45) is 0.438. The Bertz CT molecular complexity index is 485. The van der Waals surface area contributed by atoms with Crippen LogP contribution in [-0.2, 0) is 0 Å². The van der Waals surface area contributed by atoms with Gasteiger partial charge in [0.05, 0.1) is 14.2 Å². The average molecular weight is 235 g/mol. The van der Waals surface area contributed by atoms with Gasteiger partial charge in [0.25, 0.3) is 0 Å². The van der Waals surface area contributed by atoms with Crippen molar-refractivity contribution in [3.05, 3.63) is 35.9 Å². The van der Waals surface area contributed by atoms with Gasteiger partial charge in [-0.15, -0.1) is 0 Å². The molecule has 6 heteroatoms.